The lowest BCUT2D eigenvalue weighted by molar-refractivity contribution is 0.184. The van der Waals surface area contributed by atoms with E-state index >= 15 is 0 Å². The quantitative estimate of drug-likeness (QED) is 0.714. The van der Waals surface area contributed by atoms with Crippen LogP contribution in [0.1, 0.15) is 25.7 Å². The number of rotatable bonds is 5. The Bertz CT molecular complexity index is 180. The highest BCUT2D eigenvalue weighted by Crippen LogP contribution is 2.30. The van der Waals surface area contributed by atoms with Gasteiger partial charge in [-0.15, -0.1) is 0 Å². The van der Waals surface area contributed by atoms with Crippen molar-refractivity contribution in [3.05, 3.63) is 0 Å². The van der Waals surface area contributed by atoms with Crippen molar-refractivity contribution in [3.8, 4) is 0 Å². The third-order valence-corrected chi connectivity index (χ3v) is 3.98. The van der Waals surface area contributed by atoms with E-state index in [0.717, 1.165) is 44.1 Å². The summed E-state index contributed by atoms with van der Waals surface area (Å²) in [6, 6.07) is 0. The van der Waals surface area contributed by atoms with Gasteiger partial charge in [0.2, 0.25) is 0 Å². The molecule has 1 saturated carbocycles. The predicted octanol–water partition coefficient (Wildman–Crippen LogP) is 0.988. The van der Waals surface area contributed by atoms with Crippen molar-refractivity contribution >= 4 is 0 Å². The van der Waals surface area contributed by atoms with Gasteiger partial charge in [0, 0.05) is 13.2 Å². The molecule has 1 heterocycles. The van der Waals surface area contributed by atoms with E-state index in [1.54, 1.807) is 0 Å². The van der Waals surface area contributed by atoms with Crippen molar-refractivity contribution in [1.82, 2.24) is 5.32 Å². The minimum atomic E-state index is 0.753. The smallest absolute Gasteiger partial charge is 0.0507 e. The molecule has 2 rings (SSSR count). The van der Waals surface area contributed by atoms with Crippen LogP contribution >= 0.6 is 0 Å². The van der Waals surface area contributed by atoms with Gasteiger partial charge in [-0.05, 0) is 50.1 Å². The van der Waals surface area contributed by atoms with Gasteiger partial charge in [-0.3, -0.25) is 0 Å². The molecular formula is C12H24N2O. The van der Waals surface area contributed by atoms with Gasteiger partial charge >= 0.3 is 0 Å². The third kappa shape index (κ3) is 3.16. The van der Waals surface area contributed by atoms with Crippen LogP contribution in [0.3, 0.4) is 0 Å². The fourth-order valence-electron chi connectivity index (χ4n) is 2.91. The third-order valence-electron chi connectivity index (χ3n) is 3.98. The second kappa shape index (κ2) is 5.83. The Morgan fingerprint density at radius 2 is 2.00 bits per heavy atom. The van der Waals surface area contributed by atoms with E-state index in [9.17, 15) is 0 Å². The molecule has 1 aliphatic heterocycles. The van der Waals surface area contributed by atoms with Gasteiger partial charge in [0.1, 0.15) is 0 Å². The summed E-state index contributed by atoms with van der Waals surface area (Å²) in [5.41, 5.74) is 5.77. The highest BCUT2D eigenvalue weighted by atomic mass is 16.5. The minimum absolute atomic E-state index is 0.753. The van der Waals surface area contributed by atoms with Crippen molar-refractivity contribution in [2.75, 3.05) is 32.8 Å². The molecule has 3 atom stereocenters. The molecule has 0 spiro atoms. The van der Waals surface area contributed by atoms with Crippen LogP contribution in [0, 0.1) is 17.8 Å². The Balaban J connectivity index is 1.60. The molecule has 1 aliphatic carbocycles. The number of nitrogens with one attached hydrogen (secondary N) is 1. The molecule has 0 amide bonds. The van der Waals surface area contributed by atoms with Gasteiger partial charge in [-0.2, -0.15) is 0 Å². The van der Waals surface area contributed by atoms with Crippen LogP contribution in [-0.2, 0) is 4.74 Å². The minimum Gasteiger partial charge on any atom is -0.381 e. The molecule has 3 N–H and O–H groups in total. The molecule has 0 radical (unpaired) electrons. The monoisotopic (exact) mass is 212 g/mol. The van der Waals surface area contributed by atoms with Crippen molar-refractivity contribution in [3.63, 3.8) is 0 Å². The summed E-state index contributed by atoms with van der Waals surface area (Å²) < 4.78 is 5.36. The number of hydrogen-bond donors (Lipinski definition) is 2. The van der Waals surface area contributed by atoms with Gasteiger partial charge in [-0.25, -0.2) is 0 Å². The summed E-state index contributed by atoms with van der Waals surface area (Å²) in [6.45, 7) is 5.09. The number of nitrogens with two attached hydrogens (primary N) is 1. The molecule has 0 aromatic carbocycles. The zero-order valence-electron chi connectivity index (χ0n) is 9.58. The first-order valence-corrected chi connectivity index (χ1v) is 6.38. The van der Waals surface area contributed by atoms with Crippen LogP contribution in [0.25, 0.3) is 0 Å². The predicted molar refractivity (Wildman–Crippen MR) is 61.7 cm³/mol. The van der Waals surface area contributed by atoms with Crippen molar-refractivity contribution in [2.24, 2.45) is 23.5 Å². The van der Waals surface area contributed by atoms with Crippen molar-refractivity contribution in [2.45, 2.75) is 25.7 Å². The second-order valence-corrected chi connectivity index (χ2v) is 5.07. The molecule has 88 valence electrons. The molecule has 15 heavy (non-hydrogen) atoms. The van der Waals surface area contributed by atoms with E-state index in [-0.39, 0.29) is 0 Å². The summed E-state index contributed by atoms with van der Waals surface area (Å²) in [4.78, 5) is 0. The van der Waals surface area contributed by atoms with Gasteiger partial charge < -0.3 is 15.8 Å². The van der Waals surface area contributed by atoms with E-state index in [0.29, 0.717) is 0 Å². The average molecular weight is 212 g/mol. The van der Waals surface area contributed by atoms with E-state index in [1.165, 1.54) is 32.2 Å². The first-order chi connectivity index (χ1) is 7.40. The zero-order chi connectivity index (χ0) is 10.5. The van der Waals surface area contributed by atoms with Crippen LogP contribution in [0.4, 0.5) is 0 Å². The first-order valence-electron chi connectivity index (χ1n) is 6.38. The topological polar surface area (TPSA) is 47.3 Å². The summed E-state index contributed by atoms with van der Waals surface area (Å²) in [5, 5.41) is 3.60. The maximum Gasteiger partial charge on any atom is 0.0507 e. The fraction of sp³-hybridized carbons (Fsp3) is 1.00. The van der Waals surface area contributed by atoms with Crippen LogP contribution in [0.15, 0.2) is 0 Å². The van der Waals surface area contributed by atoms with Crippen LogP contribution < -0.4 is 11.1 Å². The van der Waals surface area contributed by atoms with Crippen molar-refractivity contribution < 1.29 is 4.74 Å². The Labute approximate surface area is 92.7 Å². The first kappa shape index (κ1) is 11.4. The highest BCUT2D eigenvalue weighted by Gasteiger charge is 2.25. The Hall–Kier alpha value is -0.120. The standard InChI is InChI=1S/C12H24N2O/c13-6-11-2-1-3-12(11)8-14-7-10-4-5-15-9-10/h10-12,14H,1-9,13H2. The van der Waals surface area contributed by atoms with Crippen LogP contribution in [0.5, 0.6) is 0 Å². The second-order valence-electron chi connectivity index (χ2n) is 5.07. The molecule has 0 aromatic rings. The number of ether oxygens (including phenoxy) is 1. The van der Waals surface area contributed by atoms with Gasteiger partial charge in [-0.1, -0.05) is 6.42 Å². The molecule has 0 aromatic heterocycles. The lowest BCUT2D eigenvalue weighted by Gasteiger charge is -2.19. The van der Waals surface area contributed by atoms with E-state index in [1.807, 2.05) is 0 Å². The van der Waals surface area contributed by atoms with Crippen LogP contribution in [0.2, 0.25) is 0 Å². The average Bonchev–Trinajstić information content (AvgIpc) is 2.88. The van der Waals surface area contributed by atoms with Crippen LogP contribution in [-0.4, -0.2) is 32.8 Å². The fourth-order valence-corrected chi connectivity index (χ4v) is 2.91. The summed E-state index contributed by atoms with van der Waals surface area (Å²) in [5.74, 6) is 2.36. The van der Waals surface area contributed by atoms with E-state index in [4.69, 9.17) is 10.5 Å². The van der Waals surface area contributed by atoms with Gasteiger partial charge in [0.15, 0.2) is 0 Å². The molecule has 3 nitrogen and oxygen atoms in total. The van der Waals surface area contributed by atoms with Gasteiger partial charge in [0.05, 0.1) is 6.61 Å². The van der Waals surface area contributed by atoms with E-state index < -0.39 is 0 Å². The Morgan fingerprint density at radius 1 is 1.13 bits per heavy atom. The molecule has 3 heteroatoms. The normalized spacial score (nSPS) is 36.2. The molecule has 0 bridgehead atoms. The SMILES string of the molecule is NCC1CCCC1CNCC1CCOC1. The maximum atomic E-state index is 5.77. The van der Waals surface area contributed by atoms with Gasteiger partial charge in [0.25, 0.3) is 0 Å². The zero-order valence-corrected chi connectivity index (χ0v) is 9.58. The molecule has 1 saturated heterocycles. The summed E-state index contributed by atoms with van der Waals surface area (Å²) >= 11 is 0. The highest BCUT2D eigenvalue weighted by molar-refractivity contribution is 4.80. The lowest BCUT2D eigenvalue weighted by atomic mass is 9.96. The number of hydrogen-bond acceptors (Lipinski definition) is 3. The maximum absolute atomic E-state index is 5.77. The molecule has 2 aliphatic rings. The summed E-state index contributed by atoms with van der Waals surface area (Å²) in [6.07, 6.45) is 5.32. The lowest BCUT2D eigenvalue weighted by Crippen LogP contribution is -2.32. The Morgan fingerprint density at radius 3 is 2.73 bits per heavy atom. The molecule has 2 fully saturated rings. The van der Waals surface area contributed by atoms with Crippen molar-refractivity contribution in [1.29, 1.82) is 0 Å². The summed E-state index contributed by atoms with van der Waals surface area (Å²) in [7, 11) is 0. The van der Waals surface area contributed by atoms with E-state index in [2.05, 4.69) is 5.32 Å². The molecular weight excluding hydrogens is 188 g/mol. The largest absolute Gasteiger partial charge is 0.381 e. The Kier molecular flexibility index (Phi) is 4.42. The molecule has 3 unspecified atom stereocenters.